The van der Waals surface area contributed by atoms with E-state index in [2.05, 4.69) is 40.8 Å². The average Bonchev–Trinajstić information content (AvgIpc) is 2.92. The summed E-state index contributed by atoms with van der Waals surface area (Å²) in [7, 11) is 0. The first-order valence-electron chi connectivity index (χ1n) is 7.36. The van der Waals surface area contributed by atoms with Crippen molar-refractivity contribution in [3.8, 4) is 0 Å². The van der Waals surface area contributed by atoms with E-state index >= 15 is 0 Å². The summed E-state index contributed by atoms with van der Waals surface area (Å²) < 4.78 is 3.13. The van der Waals surface area contributed by atoms with Gasteiger partial charge in [0.2, 0.25) is 0 Å². The summed E-state index contributed by atoms with van der Waals surface area (Å²) >= 11 is 3.42. The zero-order valence-electron chi connectivity index (χ0n) is 12.5. The normalized spacial score (nSPS) is 11.0. The number of aryl methyl sites for hydroxylation is 2. The maximum atomic E-state index is 4.45. The van der Waals surface area contributed by atoms with Gasteiger partial charge in [0, 0.05) is 42.3 Å². The molecule has 0 aromatic carbocycles. The number of unbranched alkanes of at least 4 members (excludes halogenated alkanes) is 1. The lowest BCUT2D eigenvalue weighted by Gasteiger charge is -2.09. The van der Waals surface area contributed by atoms with Gasteiger partial charge in [-0.1, -0.05) is 0 Å². The molecule has 1 N–H and O–H groups in total. The van der Waals surface area contributed by atoms with Gasteiger partial charge in [0.15, 0.2) is 0 Å². The van der Waals surface area contributed by atoms with Crippen LogP contribution in [0.4, 0.5) is 5.69 Å². The third-order valence-corrected chi connectivity index (χ3v) is 4.04. The number of anilines is 1. The van der Waals surface area contributed by atoms with Crippen molar-refractivity contribution in [2.24, 2.45) is 0 Å². The Morgan fingerprint density at radius 3 is 2.91 bits per heavy atom. The van der Waals surface area contributed by atoms with Crippen molar-refractivity contribution in [1.82, 2.24) is 19.5 Å². The van der Waals surface area contributed by atoms with Crippen LogP contribution in [0.2, 0.25) is 0 Å². The minimum Gasteiger partial charge on any atom is -0.383 e. The second-order valence-electron chi connectivity index (χ2n) is 5.18. The third-order valence-electron chi connectivity index (χ3n) is 3.61. The Labute approximate surface area is 137 Å². The smallest absolute Gasteiger partial charge is 0.112 e. The van der Waals surface area contributed by atoms with Crippen LogP contribution < -0.4 is 5.32 Å². The molecule has 3 heterocycles. The van der Waals surface area contributed by atoms with Crippen LogP contribution >= 0.6 is 15.9 Å². The first kappa shape index (κ1) is 15.0. The number of pyridine rings is 2. The number of hydrogen-bond donors (Lipinski definition) is 1. The van der Waals surface area contributed by atoms with E-state index in [0.29, 0.717) is 0 Å². The number of aromatic nitrogens is 4. The fraction of sp³-hybridized carbons (Fsp3) is 0.312. The van der Waals surface area contributed by atoms with Crippen LogP contribution in [-0.2, 0) is 6.54 Å². The zero-order valence-corrected chi connectivity index (χ0v) is 14.0. The van der Waals surface area contributed by atoms with Gasteiger partial charge in [-0.25, -0.2) is 4.98 Å². The predicted octanol–water partition coefficient (Wildman–Crippen LogP) is 3.79. The summed E-state index contributed by atoms with van der Waals surface area (Å²) in [6.07, 6.45) is 9.70. The maximum absolute atomic E-state index is 4.45. The quantitative estimate of drug-likeness (QED) is 0.680. The fourth-order valence-electron chi connectivity index (χ4n) is 2.42. The van der Waals surface area contributed by atoms with Crippen molar-refractivity contribution >= 4 is 32.7 Å². The van der Waals surface area contributed by atoms with Crippen molar-refractivity contribution in [3.63, 3.8) is 0 Å². The second kappa shape index (κ2) is 6.87. The van der Waals surface area contributed by atoms with Crippen LogP contribution in [-0.4, -0.2) is 26.1 Å². The summed E-state index contributed by atoms with van der Waals surface area (Å²) in [4.78, 5) is 13.0. The largest absolute Gasteiger partial charge is 0.383 e. The zero-order chi connectivity index (χ0) is 15.4. The van der Waals surface area contributed by atoms with Gasteiger partial charge in [-0.2, -0.15) is 0 Å². The highest BCUT2D eigenvalue weighted by Crippen LogP contribution is 2.21. The minimum absolute atomic E-state index is 0.897. The summed E-state index contributed by atoms with van der Waals surface area (Å²) in [6, 6.07) is 3.96. The lowest BCUT2D eigenvalue weighted by atomic mass is 10.2. The Morgan fingerprint density at radius 1 is 1.18 bits per heavy atom. The molecule has 0 spiro atoms. The maximum Gasteiger partial charge on any atom is 0.112 e. The van der Waals surface area contributed by atoms with E-state index in [4.69, 9.17) is 0 Å². The van der Waals surface area contributed by atoms with Gasteiger partial charge in [-0.05, 0) is 47.8 Å². The predicted molar refractivity (Wildman–Crippen MR) is 91.9 cm³/mol. The molecule has 5 nitrogen and oxygen atoms in total. The molecule has 3 aromatic heterocycles. The summed E-state index contributed by atoms with van der Waals surface area (Å²) in [6.45, 7) is 3.96. The lowest BCUT2D eigenvalue weighted by molar-refractivity contribution is 0.607. The van der Waals surface area contributed by atoms with Gasteiger partial charge in [0.05, 0.1) is 11.2 Å². The van der Waals surface area contributed by atoms with E-state index in [-0.39, 0.29) is 0 Å². The van der Waals surface area contributed by atoms with Crippen molar-refractivity contribution < 1.29 is 0 Å². The third kappa shape index (κ3) is 3.44. The number of halogens is 1. The Bertz CT molecular complexity index is 768. The van der Waals surface area contributed by atoms with Gasteiger partial charge in [0.25, 0.3) is 0 Å². The molecule has 0 aliphatic rings. The highest BCUT2D eigenvalue weighted by atomic mass is 79.9. The Morgan fingerprint density at radius 2 is 2.09 bits per heavy atom. The molecule has 0 unspecified atom stereocenters. The molecule has 3 aromatic rings. The van der Waals surface area contributed by atoms with E-state index in [1.54, 1.807) is 6.20 Å². The van der Waals surface area contributed by atoms with E-state index in [1.165, 1.54) is 0 Å². The van der Waals surface area contributed by atoms with Crippen LogP contribution in [0.15, 0.2) is 41.4 Å². The van der Waals surface area contributed by atoms with Gasteiger partial charge in [0.1, 0.15) is 11.3 Å². The molecule has 114 valence electrons. The highest BCUT2D eigenvalue weighted by molar-refractivity contribution is 9.10. The van der Waals surface area contributed by atoms with Crippen LogP contribution in [0.25, 0.3) is 11.0 Å². The van der Waals surface area contributed by atoms with E-state index in [1.807, 2.05) is 37.6 Å². The molecule has 0 saturated heterocycles. The Kier molecular flexibility index (Phi) is 4.68. The van der Waals surface area contributed by atoms with Crippen molar-refractivity contribution in [2.75, 3.05) is 11.9 Å². The first-order valence-corrected chi connectivity index (χ1v) is 8.15. The molecular weight excluding hydrogens is 342 g/mol. The molecule has 0 radical (unpaired) electrons. The number of hydrogen-bond acceptors (Lipinski definition) is 4. The van der Waals surface area contributed by atoms with Gasteiger partial charge in [-0.3, -0.25) is 9.97 Å². The highest BCUT2D eigenvalue weighted by Gasteiger charge is 2.03. The molecule has 0 fully saturated rings. The Balaban J connectivity index is 1.55. The second-order valence-corrected chi connectivity index (χ2v) is 6.10. The molecule has 0 aliphatic heterocycles. The van der Waals surface area contributed by atoms with E-state index < -0.39 is 0 Å². The SMILES string of the molecule is Cc1nccn1CCCCNc1ccnc2cc(Br)cnc12. The minimum atomic E-state index is 0.897. The van der Waals surface area contributed by atoms with Crippen LogP contribution in [0, 0.1) is 6.92 Å². The fourth-order valence-corrected chi connectivity index (χ4v) is 2.74. The standard InChI is InChI=1S/C16H18BrN5/c1-12-18-7-9-22(12)8-3-2-5-19-14-4-6-20-15-10-13(17)11-21-16(14)15/h4,6-7,9-11H,2-3,5,8H2,1H3,(H,19,20). The van der Waals surface area contributed by atoms with E-state index in [0.717, 1.165) is 52.9 Å². The van der Waals surface area contributed by atoms with Gasteiger partial charge < -0.3 is 9.88 Å². The number of nitrogens with zero attached hydrogens (tertiary/aromatic N) is 4. The molecule has 0 atom stereocenters. The lowest BCUT2D eigenvalue weighted by Crippen LogP contribution is -2.06. The summed E-state index contributed by atoms with van der Waals surface area (Å²) in [5, 5.41) is 3.46. The van der Waals surface area contributed by atoms with Gasteiger partial charge in [-0.15, -0.1) is 0 Å². The molecule has 0 saturated carbocycles. The molecule has 6 heteroatoms. The number of rotatable bonds is 6. The molecular formula is C16H18BrN5. The number of fused-ring (bicyclic) bond motifs is 1. The summed E-state index contributed by atoms with van der Waals surface area (Å²) in [5.41, 5.74) is 2.85. The molecule has 3 rings (SSSR count). The molecule has 0 amide bonds. The van der Waals surface area contributed by atoms with Crippen molar-refractivity contribution in [1.29, 1.82) is 0 Å². The molecule has 0 aliphatic carbocycles. The van der Waals surface area contributed by atoms with E-state index in [9.17, 15) is 0 Å². The van der Waals surface area contributed by atoms with Crippen LogP contribution in [0.3, 0.4) is 0 Å². The van der Waals surface area contributed by atoms with Gasteiger partial charge >= 0.3 is 0 Å². The first-order chi connectivity index (χ1) is 10.7. The topological polar surface area (TPSA) is 55.6 Å². The monoisotopic (exact) mass is 359 g/mol. The molecule has 0 bridgehead atoms. The van der Waals surface area contributed by atoms with Crippen molar-refractivity contribution in [3.05, 3.63) is 47.2 Å². The average molecular weight is 360 g/mol. The number of imidazole rings is 1. The van der Waals surface area contributed by atoms with Crippen LogP contribution in [0.1, 0.15) is 18.7 Å². The van der Waals surface area contributed by atoms with Crippen molar-refractivity contribution in [2.45, 2.75) is 26.3 Å². The van der Waals surface area contributed by atoms with Crippen LogP contribution in [0.5, 0.6) is 0 Å². The number of nitrogens with one attached hydrogen (secondary N) is 1. The summed E-state index contributed by atoms with van der Waals surface area (Å²) in [5.74, 6) is 1.07. The molecule has 22 heavy (non-hydrogen) atoms. The Hall–Kier alpha value is -1.95.